The molecular formula is C25H34ClN3O3S2. The number of anilines is 1. The Morgan fingerprint density at radius 2 is 1.74 bits per heavy atom. The number of thiazole rings is 1. The zero-order valence-electron chi connectivity index (χ0n) is 20.5. The second-order valence-electron chi connectivity index (χ2n) is 7.61. The lowest BCUT2D eigenvalue weighted by molar-refractivity contribution is -0.118. The molecule has 0 aliphatic rings. The SMILES string of the molecule is CCN(CC)CCN(C(=O)CCSc1ccc(OC)cc1)c1nc2c(OC)ccc(C)c2s1.Cl. The van der Waals surface area contributed by atoms with Crippen LogP contribution in [-0.2, 0) is 4.79 Å². The van der Waals surface area contributed by atoms with E-state index in [-0.39, 0.29) is 18.3 Å². The standard InChI is InChI=1S/C25H33N3O3S2.ClH/c1-6-27(7-2)15-16-28(22(29)14-17-32-20-11-9-19(30-4)10-12-20)25-26-23-21(31-5)13-8-18(3)24(23)33-25;/h8-13H,6-7,14-17H2,1-5H3;1H. The van der Waals surface area contributed by atoms with Crippen LogP contribution in [0.4, 0.5) is 5.13 Å². The molecule has 0 bridgehead atoms. The van der Waals surface area contributed by atoms with Crippen molar-refractivity contribution in [3.63, 3.8) is 0 Å². The predicted molar refractivity (Wildman–Crippen MR) is 147 cm³/mol. The molecule has 186 valence electrons. The number of hydrogen-bond acceptors (Lipinski definition) is 7. The number of fused-ring (bicyclic) bond motifs is 1. The zero-order chi connectivity index (χ0) is 23.8. The van der Waals surface area contributed by atoms with Crippen LogP contribution in [0.3, 0.4) is 0 Å². The fourth-order valence-corrected chi connectivity index (χ4v) is 5.49. The molecule has 0 atom stereocenters. The summed E-state index contributed by atoms with van der Waals surface area (Å²) in [6, 6.07) is 11.9. The Labute approximate surface area is 217 Å². The van der Waals surface area contributed by atoms with Gasteiger partial charge in [0, 0.05) is 30.2 Å². The van der Waals surface area contributed by atoms with Crippen molar-refractivity contribution in [2.75, 3.05) is 51.1 Å². The van der Waals surface area contributed by atoms with Crippen LogP contribution in [0.15, 0.2) is 41.3 Å². The lowest BCUT2D eigenvalue weighted by Gasteiger charge is -2.24. The monoisotopic (exact) mass is 523 g/mol. The third kappa shape index (κ3) is 7.01. The van der Waals surface area contributed by atoms with Crippen molar-refractivity contribution in [2.24, 2.45) is 0 Å². The minimum atomic E-state index is 0. The van der Waals surface area contributed by atoms with E-state index >= 15 is 0 Å². The van der Waals surface area contributed by atoms with Crippen LogP contribution in [0, 0.1) is 6.92 Å². The van der Waals surface area contributed by atoms with Crippen LogP contribution >= 0.6 is 35.5 Å². The number of halogens is 1. The first-order valence-electron chi connectivity index (χ1n) is 11.2. The molecule has 0 aliphatic heterocycles. The molecule has 0 saturated carbocycles. The molecule has 0 fully saturated rings. The highest BCUT2D eigenvalue weighted by Gasteiger charge is 2.22. The molecule has 0 radical (unpaired) electrons. The summed E-state index contributed by atoms with van der Waals surface area (Å²) in [6.45, 7) is 9.71. The van der Waals surface area contributed by atoms with Crippen molar-refractivity contribution in [3.05, 3.63) is 42.0 Å². The van der Waals surface area contributed by atoms with Crippen LogP contribution in [0.1, 0.15) is 25.8 Å². The Hall–Kier alpha value is -2.00. The first kappa shape index (κ1) is 28.2. The second kappa shape index (κ2) is 13.8. The van der Waals surface area contributed by atoms with Crippen molar-refractivity contribution in [1.82, 2.24) is 9.88 Å². The number of aryl methyl sites for hydroxylation is 1. The van der Waals surface area contributed by atoms with Gasteiger partial charge in [0.1, 0.15) is 17.0 Å². The molecule has 34 heavy (non-hydrogen) atoms. The normalized spacial score (nSPS) is 10.9. The first-order valence-corrected chi connectivity index (χ1v) is 13.0. The minimum Gasteiger partial charge on any atom is -0.497 e. The van der Waals surface area contributed by atoms with E-state index in [0.717, 1.165) is 56.9 Å². The molecule has 1 heterocycles. The fraction of sp³-hybridized carbons (Fsp3) is 0.440. The van der Waals surface area contributed by atoms with Gasteiger partial charge in [-0.1, -0.05) is 31.3 Å². The van der Waals surface area contributed by atoms with Gasteiger partial charge in [-0.3, -0.25) is 9.69 Å². The van der Waals surface area contributed by atoms with Gasteiger partial charge in [0.15, 0.2) is 5.13 Å². The number of aromatic nitrogens is 1. The summed E-state index contributed by atoms with van der Waals surface area (Å²) in [6.07, 6.45) is 0.445. The van der Waals surface area contributed by atoms with E-state index in [4.69, 9.17) is 14.5 Å². The van der Waals surface area contributed by atoms with Crippen molar-refractivity contribution in [2.45, 2.75) is 32.1 Å². The number of carbonyl (C=O) groups is 1. The number of carbonyl (C=O) groups excluding carboxylic acids is 1. The summed E-state index contributed by atoms with van der Waals surface area (Å²) in [4.78, 5) is 23.5. The van der Waals surface area contributed by atoms with E-state index in [9.17, 15) is 4.79 Å². The average molecular weight is 524 g/mol. The quantitative estimate of drug-likeness (QED) is 0.275. The van der Waals surface area contributed by atoms with Gasteiger partial charge in [0.05, 0.1) is 18.9 Å². The highest BCUT2D eigenvalue weighted by atomic mass is 35.5. The number of ether oxygens (including phenoxy) is 2. The van der Waals surface area contributed by atoms with Crippen molar-refractivity contribution in [1.29, 1.82) is 0 Å². The first-order chi connectivity index (χ1) is 16.0. The van der Waals surface area contributed by atoms with E-state index in [1.165, 1.54) is 0 Å². The maximum absolute atomic E-state index is 13.3. The largest absolute Gasteiger partial charge is 0.497 e. The topological polar surface area (TPSA) is 54.9 Å². The van der Waals surface area contributed by atoms with Crippen molar-refractivity contribution >= 4 is 56.8 Å². The third-order valence-electron chi connectivity index (χ3n) is 5.62. The Balaban J connectivity index is 0.00000408. The number of likely N-dealkylation sites (N-methyl/N-ethyl adjacent to an activating group) is 1. The summed E-state index contributed by atoms with van der Waals surface area (Å²) < 4.78 is 11.8. The molecule has 0 unspecified atom stereocenters. The minimum absolute atomic E-state index is 0. The maximum atomic E-state index is 13.3. The summed E-state index contributed by atoms with van der Waals surface area (Å²) in [5.74, 6) is 2.38. The molecule has 6 nitrogen and oxygen atoms in total. The molecule has 0 saturated heterocycles. The molecule has 3 rings (SSSR count). The van der Waals surface area contributed by atoms with Crippen LogP contribution in [0.2, 0.25) is 0 Å². The molecule has 0 spiro atoms. The number of thioether (sulfide) groups is 1. The zero-order valence-corrected chi connectivity index (χ0v) is 22.9. The Morgan fingerprint density at radius 3 is 2.35 bits per heavy atom. The highest BCUT2D eigenvalue weighted by Crippen LogP contribution is 2.36. The summed E-state index contributed by atoms with van der Waals surface area (Å²) in [7, 11) is 3.32. The highest BCUT2D eigenvalue weighted by molar-refractivity contribution is 7.99. The number of amides is 1. The van der Waals surface area contributed by atoms with Gasteiger partial charge in [-0.25, -0.2) is 4.98 Å². The van der Waals surface area contributed by atoms with Crippen LogP contribution in [0.5, 0.6) is 11.5 Å². The van der Waals surface area contributed by atoms with E-state index < -0.39 is 0 Å². The Morgan fingerprint density at radius 1 is 1.03 bits per heavy atom. The van der Waals surface area contributed by atoms with Crippen molar-refractivity contribution in [3.8, 4) is 11.5 Å². The molecule has 9 heteroatoms. The summed E-state index contributed by atoms with van der Waals surface area (Å²) in [5, 5.41) is 0.740. The molecule has 0 N–H and O–H groups in total. The average Bonchev–Trinajstić information content (AvgIpc) is 3.28. The number of hydrogen-bond donors (Lipinski definition) is 0. The van der Waals surface area contributed by atoms with Crippen LogP contribution < -0.4 is 14.4 Å². The van der Waals surface area contributed by atoms with Crippen LogP contribution in [-0.4, -0.2) is 61.9 Å². The van der Waals surface area contributed by atoms with Crippen molar-refractivity contribution < 1.29 is 14.3 Å². The van der Waals surface area contributed by atoms with E-state index in [0.29, 0.717) is 18.7 Å². The second-order valence-corrected chi connectivity index (χ2v) is 9.75. The van der Waals surface area contributed by atoms with Gasteiger partial charge in [0.25, 0.3) is 0 Å². The molecule has 1 amide bonds. The number of rotatable bonds is 12. The lowest BCUT2D eigenvalue weighted by Crippen LogP contribution is -2.39. The van der Waals surface area contributed by atoms with Gasteiger partial charge < -0.3 is 14.4 Å². The molecule has 2 aromatic carbocycles. The molecule has 3 aromatic rings. The van der Waals surface area contributed by atoms with Gasteiger partial charge >= 0.3 is 0 Å². The van der Waals surface area contributed by atoms with Crippen LogP contribution in [0.25, 0.3) is 10.2 Å². The van der Waals surface area contributed by atoms with E-state index in [2.05, 4.69) is 25.7 Å². The predicted octanol–water partition coefficient (Wildman–Crippen LogP) is 5.90. The Bertz CT molecular complexity index is 1060. The number of methoxy groups -OCH3 is 2. The van der Waals surface area contributed by atoms with Gasteiger partial charge in [-0.05, 0) is 55.9 Å². The molecule has 1 aromatic heterocycles. The van der Waals surface area contributed by atoms with E-state index in [1.54, 1.807) is 37.3 Å². The molecule has 0 aliphatic carbocycles. The van der Waals surface area contributed by atoms with Gasteiger partial charge in [-0.2, -0.15) is 0 Å². The lowest BCUT2D eigenvalue weighted by atomic mass is 10.2. The third-order valence-corrected chi connectivity index (χ3v) is 7.85. The number of benzene rings is 2. The number of nitrogens with zero attached hydrogens (tertiary/aromatic N) is 3. The molecular weight excluding hydrogens is 490 g/mol. The smallest absolute Gasteiger partial charge is 0.229 e. The summed E-state index contributed by atoms with van der Waals surface area (Å²) >= 11 is 3.24. The van der Waals surface area contributed by atoms with E-state index in [1.807, 2.05) is 41.3 Å². The van der Waals surface area contributed by atoms with Gasteiger partial charge in [-0.15, -0.1) is 24.2 Å². The maximum Gasteiger partial charge on any atom is 0.229 e. The summed E-state index contributed by atoms with van der Waals surface area (Å²) in [5.41, 5.74) is 1.96. The fourth-order valence-electron chi connectivity index (χ4n) is 3.55. The van der Waals surface area contributed by atoms with Gasteiger partial charge in [0.2, 0.25) is 5.91 Å². The Kier molecular flexibility index (Phi) is 11.4.